The highest BCUT2D eigenvalue weighted by Gasteiger charge is 2.19. The molecule has 0 saturated heterocycles. The van der Waals surface area contributed by atoms with E-state index < -0.39 is 24.9 Å². The Balaban J connectivity index is 3.60. The third-order valence-corrected chi connectivity index (χ3v) is 1.12. The summed E-state index contributed by atoms with van der Waals surface area (Å²) in [6.45, 7) is 4.25. The summed E-state index contributed by atoms with van der Waals surface area (Å²) >= 11 is 0. The van der Waals surface area contributed by atoms with Gasteiger partial charge in [0, 0.05) is 6.42 Å². The number of allylic oxidation sites excluding steroid dienone is 1. The maximum Gasteiger partial charge on any atom is 0.149 e. The van der Waals surface area contributed by atoms with Crippen LogP contribution in [0.4, 0.5) is 13.2 Å². The number of rotatable bonds is 4. The van der Waals surface area contributed by atoms with Gasteiger partial charge in [0.15, 0.2) is 0 Å². The Labute approximate surface area is 58.7 Å². The first-order valence-electron chi connectivity index (χ1n) is 3.12. The van der Waals surface area contributed by atoms with Gasteiger partial charge in [-0.25, -0.2) is 13.2 Å². The Kier molecular flexibility index (Phi) is 4.16. The zero-order valence-corrected chi connectivity index (χ0v) is 5.86. The zero-order chi connectivity index (χ0) is 8.15. The van der Waals surface area contributed by atoms with E-state index in [0.717, 1.165) is 6.08 Å². The molecule has 3 unspecified atom stereocenters. The van der Waals surface area contributed by atoms with Crippen molar-refractivity contribution in [3.8, 4) is 0 Å². The van der Waals surface area contributed by atoms with Crippen molar-refractivity contribution in [3.63, 3.8) is 0 Å². The van der Waals surface area contributed by atoms with E-state index in [4.69, 9.17) is 0 Å². The highest BCUT2D eigenvalue weighted by Crippen LogP contribution is 2.12. The molecule has 0 fully saturated rings. The molecule has 0 N–H and O–H groups in total. The van der Waals surface area contributed by atoms with Gasteiger partial charge in [-0.2, -0.15) is 0 Å². The lowest BCUT2D eigenvalue weighted by Crippen LogP contribution is -2.17. The molecule has 0 aliphatic heterocycles. The average Bonchev–Trinajstić information content (AvgIpc) is 1.85. The second-order valence-corrected chi connectivity index (χ2v) is 2.21. The fourth-order valence-electron chi connectivity index (χ4n) is 0.588. The van der Waals surface area contributed by atoms with Crippen LogP contribution in [0.15, 0.2) is 12.7 Å². The molecule has 3 heteroatoms. The van der Waals surface area contributed by atoms with Crippen molar-refractivity contribution in [2.45, 2.75) is 31.9 Å². The first-order valence-corrected chi connectivity index (χ1v) is 3.12. The van der Waals surface area contributed by atoms with Crippen molar-refractivity contribution in [1.82, 2.24) is 0 Å². The molecule has 0 aromatic rings. The highest BCUT2D eigenvalue weighted by atomic mass is 19.2. The average molecular weight is 152 g/mol. The van der Waals surface area contributed by atoms with Gasteiger partial charge < -0.3 is 0 Å². The fourth-order valence-corrected chi connectivity index (χ4v) is 0.588. The molecule has 3 atom stereocenters. The summed E-state index contributed by atoms with van der Waals surface area (Å²) in [5.74, 6) is 0. The lowest BCUT2D eigenvalue weighted by molar-refractivity contribution is 0.158. The van der Waals surface area contributed by atoms with E-state index in [9.17, 15) is 13.2 Å². The highest BCUT2D eigenvalue weighted by molar-refractivity contribution is 4.85. The van der Waals surface area contributed by atoms with Gasteiger partial charge in [-0.3, -0.25) is 0 Å². The minimum Gasteiger partial charge on any atom is -0.248 e. The quantitative estimate of drug-likeness (QED) is 0.543. The van der Waals surface area contributed by atoms with Gasteiger partial charge in [0.05, 0.1) is 0 Å². The Hall–Kier alpha value is -0.470. The maximum atomic E-state index is 12.4. The fraction of sp³-hybridized carbons (Fsp3) is 0.714. The van der Waals surface area contributed by atoms with Gasteiger partial charge in [-0.15, -0.1) is 6.58 Å². The third-order valence-electron chi connectivity index (χ3n) is 1.12. The summed E-state index contributed by atoms with van der Waals surface area (Å²) in [6, 6.07) is 0. The van der Waals surface area contributed by atoms with Gasteiger partial charge in [-0.1, -0.05) is 6.08 Å². The summed E-state index contributed by atoms with van der Waals surface area (Å²) < 4.78 is 36.6. The van der Waals surface area contributed by atoms with Crippen LogP contribution in [0.3, 0.4) is 0 Å². The SMILES string of the molecule is C=CC(F)C(F)CC(C)F. The van der Waals surface area contributed by atoms with Gasteiger partial charge in [0.2, 0.25) is 0 Å². The van der Waals surface area contributed by atoms with Crippen molar-refractivity contribution < 1.29 is 13.2 Å². The van der Waals surface area contributed by atoms with E-state index >= 15 is 0 Å². The van der Waals surface area contributed by atoms with Crippen LogP contribution < -0.4 is 0 Å². The van der Waals surface area contributed by atoms with Crippen molar-refractivity contribution >= 4 is 0 Å². The molecule has 0 heterocycles. The normalized spacial score (nSPS) is 19.6. The Bertz CT molecular complexity index is 101. The molecule has 0 nitrogen and oxygen atoms in total. The number of hydrogen-bond acceptors (Lipinski definition) is 0. The summed E-state index contributed by atoms with van der Waals surface area (Å²) in [5.41, 5.74) is 0. The van der Waals surface area contributed by atoms with Crippen LogP contribution in [0.25, 0.3) is 0 Å². The minimum atomic E-state index is -1.75. The van der Waals surface area contributed by atoms with Crippen LogP contribution in [0.5, 0.6) is 0 Å². The van der Waals surface area contributed by atoms with Crippen molar-refractivity contribution in [1.29, 1.82) is 0 Å². The molecule has 0 aromatic heterocycles. The number of alkyl halides is 3. The van der Waals surface area contributed by atoms with Gasteiger partial charge >= 0.3 is 0 Å². The molecular formula is C7H11F3. The van der Waals surface area contributed by atoms with E-state index in [-0.39, 0.29) is 0 Å². The number of halogens is 3. The van der Waals surface area contributed by atoms with E-state index in [1.165, 1.54) is 6.92 Å². The molecular weight excluding hydrogens is 141 g/mol. The Morgan fingerprint density at radius 1 is 1.40 bits per heavy atom. The molecule has 10 heavy (non-hydrogen) atoms. The van der Waals surface area contributed by atoms with E-state index in [1.807, 2.05) is 0 Å². The van der Waals surface area contributed by atoms with Crippen molar-refractivity contribution in [2.24, 2.45) is 0 Å². The summed E-state index contributed by atoms with van der Waals surface area (Å²) in [5, 5.41) is 0. The lowest BCUT2D eigenvalue weighted by atomic mass is 10.1. The molecule has 0 aliphatic carbocycles. The smallest absolute Gasteiger partial charge is 0.149 e. The second kappa shape index (κ2) is 4.36. The summed E-state index contributed by atoms with van der Waals surface area (Å²) in [7, 11) is 0. The zero-order valence-electron chi connectivity index (χ0n) is 5.86. The molecule has 0 amide bonds. The Morgan fingerprint density at radius 3 is 2.20 bits per heavy atom. The third kappa shape index (κ3) is 3.54. The molecule has 0 spiro atoms. The van der Waals surface area contributed by atoms with Crippen LogP contribution in [-0.4, -0.2) is 18.5 Å². The van der Waals surface area contributed by atoms with Gasteiger partial charge in [0.1, 0.15) is 18.5 Å². The largest absolute Gasteiger partial charge is 0.248 e. The van der Waals surface area contributed by atoms with E-state index in [0.29, 0.717) is 0 Å². The topological polar surface area (TPSA) is 0 Å². The Morgan fingerprint density at radius 2 is 1.90 bits per heavy atom. The van der Waals surface area contributed by atoms with Crippen LogP contribution in [0, 0.1) is 0 Å². The van der Waals surface area contributed by atoms with Crippen LogP contribution in [0.1, 0.15) is 13.3 Å². The van der Waals surface area contributed by atoms with Crippen molar-refractivity contribution in [3.05, 3.63) is 12.7 Å². The van der Waals surface area contributed by atoms with E-state index in [2.05, 4.69) is 6.58 Å². The van der Waals surface area contributed by atoms with Crippen LogP contribution in [0.2, 0.25) is 0 Å². The predicted octanol–water partition coefficient (Wildman–Crippen LogP) is 2.60. The molecule has 60 valence electrons. The van der Waals surface area contributed by atoms with Crippen molar-refractivity contribution in [2.75, 3.05) is 0 Å². The summed E-state index contributed by atoms with van der Waals surface area (Å²) in [4.78, 5) is 0. The van der Waals surface area contributed by atoms with E-state index in [1.54, 1.807) is 0 Å². The lowest BCUT2D eigenvalue weighted by Gasteiger charge is -2.09. The monoisotopic (exact) mass is 152 g/mol. The molecule has 0 saturated carbocycles. The molecule has 0 radical (unpaired) electrons. The van der Waals surface area contributed by atoms with Gasteiger partial charge in [0.25, 0.3) is 0 Å². The minimum absolute atomic E-state index is 0.396. The molecule has 0 aromatic carbocycles. The molecule has 0 rings (SSSR count). The number of hydrogen-bond donors (Lipinski definition) is 0. The standard InChI is InChI=1S/C7H11F3/c1-3-6(9)7(10)4-5(2)8/h3,5-7H,1,4H2,2H3. The second-order valence-electron chi connectivity index (χ2n) is 2.21. The van der Waals surface area contributed by atoms with Gasteiger partial charge in [-0.05, 0) is 6.92 Å². The van der Waals surface area contributed by atoms with Crippen LogP contribution >= 0.6 is 0 Å². The first kappa shape index (κ1) is 9.53. The molecule has 0 aliphatic rings. The maximum absolute atomic E-state index is 12.4. The molecule has 0 bridgehead atoms. The predicted molar refractivity (Wildman–Crippen MR) is 35.2 cm³/mol. The first-order chi connectivity index (χ1) is 4.57. The summed E-state index contributed by atoms with van der Waals surface area (Å²) in [6.07, 6.45) is -4.34. The van der Waals surface area contributed by atoms with Crippen LogP contribution in [-0.2, 0) is 0 Å².